The lowest BCUT2D eigenvalue weighted by Gasteiger charge is -2.23. The molecule has 0 aromatic heterocycles. The average Bonchev–Trinajstić information content (AvgIpc) is 2.86. The number of carbonyl (C=O) groups excluding carboxylic acids is 5. The molecule has 0 radical (unpaired) electrons. The normalized spacial score (nSPS) is 12.3. The van der Waals surface area contributed by atoms with Crippen molar-refractivity contribution in [2.75, 3.05) is 13.2 Å². The van der Waals surface area contributed by atoms with Crippen molar-refractivity contribution in [2.45, 2.75) is 84.2 Å². The Labute approximate surface area is 214 Å². The van der Waals surface area contributed by atoms with Crippen molar-refractivity contribution < 1.29 is 28.7 Å². The van der Waals surface area contributed by atoms with E-state index in [1.165, 1.54) is 0 Å². The Morgan fingerprint density at radius 3 is 2.19 bits per heavy atom. The van der Waals surface area contributed by atoms with Gasteiger partial charge in [0.05, 0.1) is 12.6 Å². The van der Waals surface area contributed by atoms with Gasteiger partial charge in [-0.15, -0.1) is 0 Å². The van der Waals surface area contributed by atoms with Gasteiger partial charge >= 0.3 is 5.97 Å². The molecule has 9 heteroatoms. The van der Waals surface area contributed by atoms with Gasteiger partial charge in [-0.25, -0.2) is 0 Å². The monoisotopic (exact) mass is 503 g/mol. The molecule has 1 unspecified atom stereocenters. The van der Waals surface area contributed by atoms with Crippen LogP contribution < -0.4 is 16.0 Å². The lowest BCUT2D eigenvalue weighted by Crippen LogP contribution is -2.52. The number of aldehydes is 1. The molecule has 9 nitrogen and oxygen atoms in total. The first-order valence-electron chi connectivity index (χ1n) is 12.8. The van der Waals surface area contributed by atoms with Crippen LogP contribution in [0.5, 0.6) is 0 Å². The third kappa shape index (κ3) is 13.6. The first-order valence-corrected chi connectivity index (χ1v) is 12.8. The topological polar surface area (TPSA) is 131 Å². The molecular weight excluding hydrogens is 462 g/mol. The maximum absolute atomic E-state index is 12.8. The predicted molar refractivity (Wildman–Crippen MR) is 137 cm³/mol. The van der Waals surface area contributed by atoms with Crippen LogP contribution in [0.25, 0.3) is 0 Å². The van der Waals surface area contributed by atoms with Gasteiger partial charge in [0.15, 0.2) is 0 Å². The van der Waals surface area contributed by atoms with E-state index >= 15 is 0 Å². The zero-order valence-corrected chi connectivity index (χ0v) is 21.7. The summed E-state index contributed by atoms with van der Waals surface area (Å²) in [4.78, 5) is 59.4. The van der Waals surface area contributed by atoms with Gasteiger partial charge in [0.2, 0.25) is 17.7 Å². The van der Waals surface area contributed by atoms with Crippen LogP contribution in [-0.2, 0) is 35.1 Å². The van der Waals surface area contributed by atoms with Gasteiger partial charge in [-0.3, -0.25) is 19.2 Å². The maximum Gasteiger partial charge on any atom is 0.305 e. The molecule has 0 bridgehead atoms. The van der Waals surface area contributed by atoms with Crippen LogP contribution in [0.4, 0.5) is 0 Å². The second-order valence-corrected chi connectivity index (χ2v) is 9.07. The number of carbonyl (C=O) groups is 5. The van der Waals surface area contributed by atoms with Crippen LogP contribution in [0.2, 0.25) is 0 Å². The minimum absolute atomic E-state index is 0.0800. The van der Waals surface area contributed by atoms with Crippen LogP contribution in [0, 0.1) is 5.92 Å². The summed E-state index contributed by atoms with van der Waals surface area (Å²) in [5.41, 5.74) is 0.939. The van der Waals surface area contributed by atoms with Gasteiger partial charge in [0.1, 0.15) is 18.9 Å². The van der Waals surface area contributed by atoms with Crippen molar-refractivity contribution in [1.29, 1.82) is 0 Å². The Morgan fingerprint density at radius 2 is 1.58 bits per heavy atom. The molecule has 1 aromatic rings. The van der Waals surface area contributed by atoms with Gasteiger partial charge in [-0.1, -0.05) is 63.9 Å². The number of ether oxygens (including phenoxy) is 1. The van der Waals surface area contributed by atoms with Crippen LogP contribution in [0.3, 0.4) is 0 Å². The van der Waals surface area contributed by atoms with E-state index in [4.69, 9.17) is 4.74 Å². The molecule has 0 aliphatic carbocycles. The quantitative estimate of drug-likeness (QED) is 0.160. The van der Waals surface area contributed by atoms with Crippen molar-refractivity contribution in [3.8, 4) is 0 Å². The zero-order valence-electron chi connectivity index (χ0n) is 21.7. The molecule has 0 aliphatic heterocycles. The highest BCUT2D eigenvalue weighted by atomic mass is 16.5. The summed E-state index contributed by atoms with van der Waals surface area (Å²) in [6.07, 6.45) is 4.92. The molecule has 200 valence electrons. The minimum Gasteiger partial charge on any atom is -0.464 e. The minimum atomic E-state index is -0.729. The summed E-state index contributed by atoms with van der Waals surface area (Å²) in [5, 5.41) is 8.16. The standard InChI is InChI=1S/C27H41N3O6/c1-4-23(32)28-16-17-36-25(34)15-11-6-5-10-14-24(33)30-26(20(2)3)27(35)29-22(19-31)18-21-12-8-7-9-13-21/h7-9,12-13,19-20,22,26H,4-6,10-11,14-18H2,1-3H3,(H,28,32)(H,29,35)(H,30,33)/t22?,26-/m0/s1. The largest absolute Gasteiger partial charge is 0.464 e. The molecule has 36 heavy (non-hydrogen) atoms. The molecule has 1 rings (SSSR count). The lowest BCUT2D eigenvalue weighted by molar-refractivity contribution is -0.144. The third-order valence-corrected chi connectivity index (χ3v) is 5.60. The van der Waals surface area contributed by atoms with E-state index < -0.39 is 12.1 Å². The fourth-order valence-electron chi connectivity index (χ4n) is 3.52. The van der Waals surface area contributed by atoms with E-state index in [1.54, 1.807) is 6.92 Å². The Hall–Kier alpha value is -3.23. The van der Waals surface area contributed by atoms with Crippen molar-refractivity contribution >= 4 is 30.0 Å². The lowest BCUT2D eigenvalue weighted by atomic mass is 10.0. The summed E-state index contributed by atoms with van der Waals surface area (Å²) >= 11 is 0. The maximum atomic E-state index is 12.8. The zero-order chi connectivity index (χ0) is 26.8. The van der Waals surface area contributed by atoms with Crippen LogP contribution in [0.15, 0.2) is 30.3 Å². The summed E-state index contributed by atoms with van der Waals surface area (Å²) in [7, 11) is 0. The molecule has 1 aromatic carbocycles. The van der Waals surface area contributed by atoms with E-state index in [9.17, 15) is 24.0 Å². The molecule has 3 amide bonds. The molecular formula is C27H41N3O6. The van der Waals surface area contributed by atoms with E-state index in [0.717, 1.165) is 18.4 Å². The smallest absolute Gasteiger partial charge is 0.305 e. The number of hydrogen-bond acceptors (Lipinski definition) is 6. The molecule has 0 heterocycles. The Balaban J connectivity index is 2.27. The Morgan fingerprint density at radius 1 is 0.917 bits per heavy atom. The van der Waals surface area contributed by atoms with E-state index in [-0.39, 0.29) is 42.6 Å². The fourth-order valence-corrected chi connectivity index (χ4v) is 3.52. The molecule has 0 saturated heterocycles. The number of amides is 3. The Kier molecular flexibility index (Phi) is 15.5. The second kappa shape index (κ2) is 18.1. The number of benzene rings is 1. The van der Waals surface area contributed by atoms with Crippen LogP contribution in [0.1, 0.15) is 71.3 Å². The number of nitrogens with one attached hydrogen (secondary N) is 3. The predicted octanol–water partition coefficient (Wildman–Crippen LogP) is 2.46. The van der Waals surface area contributed by atoms with Gasteiger partial charge in [-0.05, 0) is 30.7 Å². The molecule has 0 fully saturated rings. The van der Waals surface area contributed by atoms with Crippen molar-refractivity contribution in [3.05, 3.63) is 35.9 Å². The summed E-state index contributed by atoms with van der Waals surface area (Å²) in [6, 6.07) is 8.02. The summed E-state index contributed by atoms with van der Waals surface area (Å²) in [5.74, 6) is -1.12. The Bertz CT molecular complexity index is 828. The van der Waals surface area contributed by atoms with Crippen molar-refractivity contribution in [3.63, 3.8) is 0 Å². The second-order valence-electron chi connectivity index (χ2n) is 9.07. The number of hydrogen-bond donors (Lipinski definition) is 3. The van der Waals surface area contributed by atoms with Gasteiger partial charge in [0, 0.05) is 19.3 Å². The van der Waals surface area contributed by atoms with E-state index in [0.29, 0.717) is 44.9 Å². The average molecular weight is 504 g/mol. The number of rotatable bonds is 18. The van der Waals surface area contributed by atoms with Gasteiger partial charge < -0.3 is 25.5 Å². The third-order valence-electron chi connectivity index (χ3n) is 5.60. The van der Waals surface area contributed by atoms with Crippen LogP contribution >= 0.6 is 0 Å². The highest BCUT2D eigenvalue weighted by Crippen LogP contribution is 2.09. The molecule has 0 aliphatic rings. The first-order chi connectivity index (χ1) is 17.3. The SMILES string of the molecule is CCC(=O)NCCOC(=O)CCCCCCC(=O)N[C@H](C(=O)NC(C=O)Cc1ccccc1)C(C)C. The fraction of sp³-hybridized carbons (Fsp3) is 0.593. The summed E-state index contributed by atoms with van der Waals surface area (Å²) < 4.78 is 5.06. The van der Waals surface area contributed by atoms with Crippen molar-refractivity contribution in [2.24, 2.45) is 5.92 Å². The van der Waals surface area contributed by atoms with E-state index in [2.05, 4.69) is 16.0 Å². The molecule has 0 saturated carbocycles. The first kappa shape index (κ1) is 30.8. The highest BCUT2D eigenvalue weighted by molar-refractivity contribution is 5.89. The summed E-state index contributed by atoms with van der Waals surface area (Å²) in [6.45, 7) is 5.91. The van der Waals surface area contributed by atoms with Gasteiger partial charge in [0.25, 0.3) is 0 Å². The molecule has 2 atom stereocenters. The van der Waals surface area contributed by atoms with E-state index in [1.807, 2.05) is 44.2 Å². The number of unbranched alkanes of at least 4 members (excludes halogenated alkanes) is 3. The van der Waals surface area contributed by atoms with Gasteiger partial charge in [-0.2, -0.15) is 0 Å². The molecule has 3 N–H and O–H groups in total. The van der Waals surface area contributed by atoms with Crippen LogP contribution in [-0.4, -0.2) is 55.2 Å². The molecule has 0 spiro atoms. The number of esters is 1. The highest BCUT2D eigenvalue weighted by Gasteiger charge is 2.26. The van der Waals surface area contributed by atoms with Crippen molar-refractivity contribution in [1.82, 2.24) is 16.0 Å².